The van der Waals surface area contributed by atoms with Gasteiger partial charge in [0.15, 0.2) is 0 Å². The molecule has 0 heterocycles. The van der Waals surface area contributed by atoms with Crippen LogP contribution < -0.4 is 0 Å². The van der Waals surface area contributed by atoms with Crippen LogP contribution in [0.5, 0.6) is 0 Å². The predicted octanol–water partition coefficient (Wildman–Crippen LogP) is 1.36. The summed E-state index contributed by atoms with van der Waals surface area (Å²) in [7, 11) is 1.01. The van der Waals surface area contributed by atoms with Gasteiger partial charge in [0.2, 0.25) is 0 Å². The molecule has 0 spiro atoms. The highest BCUT2D eigenvalue weighted by Gasteiger charge is 2.08. The number of hydrogen-bond donors (Lipinski definition) is 1. The molecule has 0 aliphatic heterocycles. The molecule has 4 heteroatoms. The minimum Gasteiger partial charge on any atom is -0.473 e. The lowest BCUT2D eigenvalue weighted by atomic mass is 10.1. The van der Waals surface area contributed by atoms with Crippen molar-refractivity contribution < 1.29 is 19.4 Å². The molecule has 0 fully saturated rings. The smallest absolute Gasteiger partial charge is 0.417 e. The Kier molecular flexibility index (Phi) is 6.59. The predicted molar refractivity (Wildman–Crippen MR) is 47.3 cm³/mol. The van der Waals surface area contributed by atoms with Crippen molar-refractivity contribution in [1.82, 2.24) is 0 Å². The van der Waals surface area contributed by atoms with Crippen LogP contribution in [0.4, 0.5) is 0 Å². The Morgan fingerprint density at radius 2 is 1.69 bits per heavy atom. The van der Waals surface area contributed by atoms with Gasteiger partial charge in [-0.2, -0.15) is 0 Å². The Morgan fingerprint density at radius 3 is 1.77 bits per heavy atom. The third kappa shape index (κ3) is 7.05. The van der Waals surface area contributed by atoms with Crippen LogP contribution >= 0.6 is 0 Å². The molecular formula is C9H14O4. The van der Waals surface area contributed by atoms with Gasteiger partial charge in [-0.3, -0.25) is 0 Å². The number of esters is 1. The molecule has 0 unspecified atom stereocenters. The maximum atomic E-state index is 9.69. The molecule has 1 rings (SSSR count). The topological polar surface area (TPSA) is 63.6 Å². The van der Waals surface area contributed by atoms with Crippen molar-refractivity contribution in [3.05, 3.63) is 12.2 Å². The molecule has 1 N–H and O–H groups in total. The number of allylic oxidation sites excluding steroid dienone is 2. The minimum atomic E-state index is -1.57. The van der Waals surface area contributed by atoms with E-state index in [0.717, 1.165) is 7.11 Å². The zero-order valence-electron chi connectivity index (χ0n) is 7.66. The van der Waals surface area contributed by atoms with E-state index in [4.69, 9.17) is 5.11 Å². The van der Waals surface area contributed by atoms with E-state index in [1.807, 2.05) is 0 Å². The lowest BCUT2D eigenvalue weighted by molar-refractivity contribution is -0.161. The first-order valence-corrected chi connectivity index (χ1v) is 4.14. The van der Waals surface area contributed by atoms with Gasteiger partial charge in [0.1, 0.15) is 0 Å². The summed E-state index contributed by atoms with van der Waals surface area (Å²) in [6, 6.07) is 0. The van der Waals surface area contributed by atoms with Crippen LogP contribution in [0, 0.1) is 0 Å². The van der Waals surface area contributed by atoms with E-state index in [-0.39, 0.29) is 0 Å². The summed E-state index contributed by atoms with van der Waals surface area (Å²) in [5.41, 5.74) is 0. The maximum Gasteiger partial charge on any atom is 0.417 e. The largest absolute Gasteiger partial charge is 0.473 e. The van der Waals surface area contributed by atoms with Crippen molar-refractivity contribution in [2.45, 2.75) is 25.7 Å². The number of carbonyl (C=O) groups excluding carboxylic acids is 1. The lowest BCUT2D eigenvalue weighted by Gasteiger charge is -1.97. The molecule has 0 aromatic heterocycles. The number of carboxylic acids is 1. The summed E-state index contributed by atoms with van der Waals surface area (Å²) in [6.07, 6.45) is 10.0. The second kappa shape index (κ2) is 7.34. The van der Waals surface area contributed by atoms with E-state index in [1.165, 1.54) is 25.7 Å². The molecule has 13 heavy (non-hydrogen) atoms. The number of aliphatic carboxylic acids is 1. The van der Waals surface area contributed by atoms with Crippen LogP contribution in [0.2, 0.25) is 0 Å². The molecule has 0 bridgehead atoms. The van der Waals surface area contributed by atoms with Gasteiger partial charge < -0.3 is 9.84 Å². The average Bonchev–Trinajstić information content (AvgIpc) is 2.20. The van der Waals surface area contributed by atoms with E-state index in [1.54, 1.807) is 0 Å². The van der Waals surface area contributed by atoms with Gasteiger partial charge in [0.05, 0.1) is 7.11 Å². The summed E-state index contributed by atoms with van der Waals surface area (Å²) < 4.78 is 3.77. The van der Waals surface area contributed by atoms with E-state index in [2.05, 4.69) is 16.9 Å². The average molecular weight is 186 g/mol. The Hall–Kier alpha value is -1.32. The van der Waals surface area contributed by atoms with Crippen LogP contribution in [0.3, 0.4) is 0 Å². The number of carboxylic acid groups (broad SMARTS) is 1. The third-order valence-corrected chi connectivity index (χ3v) is 1.52. The van der Waals surface area contributed by atoms with E-state index in [0.29, 0.717) is 0 Å². The van der Waals surface area contributed by atoms with E-state index < -0.39 is 11.9 Å². The molecule has 0 amide bonds. The standard InChI is InChI=1S/C6H10.C3H4O4/c1-2-4-6-5-3-1;1-7-3(6)2(4)5/h1-2H,3-6H2;1H3,(H,4,5). The summed E-state index contributed by atoms with van der Waals surface area (Å²) in [5, 5.41) is 7.71. The van der Waals surface area contributed by atoms with Gasteiger partial charge in [-0.05, 0) is 25.7 Å². The van der Waals surface area contributed by atoms with Crippen LogP contribution in [-0.4, -0.2) is 24.2 Å². The van der Waals surface area contributed by atoms with E-state index >= 15 is 0 Å². The van der Waals surface area contributed by atoms with Gasteiger partial charge in [-0.15, -0.1) is 0 Å². The molecule has 1 aliphatic rings. The fourth-order valence-electron chi connectivity index (χ4n) is 0.847. The summed E-state index contributed by atoms with van der Waals surface area (Å²) in [4.78, 5) is 19.1. The zero-order chi connectivity index (χ0) is 10.1. The minimum absolute atomic E-state index is 1.01. The lowest BCUT2D eigenvalue weighted by Crippen LogP contribution is -2.13. The fourth-order valence-corrected chi connectivity index (χ4v) is 0.847. The molecule has 0 aromatic rings. The Morgan fingerprint density at radius 1 is 1.23 bits per heavy atom. The van der Waals surface area contributed by atoms with Gasteiger partial charge in [-0.1, -0.05) is 12.2 Å². The van der Waals surface area contributed by atoms with Crippen LogP contribution in [0.1, 0.15) is 25.7 Å². The highest BCUT2D eigenvalue weighted by molar-refractivity contribution is 6.28. The van der Waals surface area contributed by atoms with Gasteiger partial charge in [-0.25, -0.2) is 9.59 Å². The molecule has 0 atom stereocenters. The molecular weight excluding hydrogens is 172 g/mol. The van der Waals surface area contributed by atoms with Gasteiger partial charge in [0, 0.05) is 0 Å². The maximum absolute atomic E-state index is 9.69. The number of rotatable bonds is 0. The van der Waals surface area contributed by atoms with Crippen molar-refractivity contribution in [1.29, 1.82) is 0 Å². The first kappa shape index (κ1) is 11.7. The Balaban J connectivity index is 0.000000223. The number of ether oxygens (including phenoxy) is 1. The SMILES string of the molecule is C1=CCCCC1.COC(=O)C(=O)O. The summed E-state index contributed by atoms with van der Waals surface area (Å²) >= 11 is 0. The number of methoxy groups -OCH3 is 1. The van der Waals surface area contributed by atoms with Crippen LogP contribution in [0.25, 0.3) is 0 Å². The molecule has 0 radical (unpaired) electrons. The van der Waals surface area contributed by atoms with Crippen molar-refractivity contribution in [3.63, 3.8) is 0 Å². The first-order valence-electron chi connectivity index (χ1n) is 4.14. The molecule has 0 saturated heterocycles. The number of carbonyl (C=O) groups is 2. The molecule has 4 nitrogen and oxygen atoms in total. The highest BCUT2D eigenvalue weighted by Crippen LogP contribution is 2.07. The summed E-state index contributed by atoms with van der Waals surface area (Å²) in [5.74, 6) is -2.80. The molecule has 0 aromatic carbocycles. The normalized spacial score (nSPS) is 13.9. The quantitative estimate of drug-likeness (QED) is 0.352. The van der Waals surface area contributed by atoms with Crippen molar-refractivity contribution >= 4 is 11.9 Å². The second-order valence-electron chi connectivity index (χ2n) is 2.55. The van der Waals surface area contributed by atoms with Crippen molar-refractivity contribution in [2.24, 2.45) is 0 Å². The van der Waals surface area contributed by atoms with Gasteiger partial charge in [0.25, 0.3) is 0 Å². The second-order valence-corrected chi connectivity index (χ2v) is 2.55. The molecule has 74 valence electrons. The van der Waals surface area contributed by atoms with Crippen molar-refractivity contribution in [3.8, 4) is 0 Å². The van der Waals surface area contributed by atoms with Crippen LogP contribution in [-0.2, 0) is 14.3 Å². The summed E-state index contributed by atoms with van der Waals surface area (Å²) in [6.45, 7) is 0. The first-order chi connectivity index (χ1) is 6.18. The number of hydrogen-bond acceptors (Lipinski definition) is 3. The highest BCUT2D eigenvalue weighted by atomic mass is 16.5. The molecule has 0 saturated carbocycles. The Bertz CT molecular complexity index is 188. The fraction of sp³-hybridized carbons (Fsp3) is 0.556. The molecule has 1 aliphatic carbocycles. The van der Waals surface area contributed by atoms with Gasteiger partial charge >= 0.3 is 11.9 Å². The van der Waals surface area contributed by atoms with E-state index in [9.17, 15) is 9.59 Å². The van der Waals surface area contributed by atoms with Crippen molar-refractivity contribution in [2.75, 3.05) is 7.11 Å². The Labute approximate surface area is 77.2 Å². The zero-order valence-corrected chi connectivity index (χ0v) is 7.66. The third-order valence-electron chi connectivity index (χ3n) is 1.52. The van der Waals surface area contributed by atoms with Crippen LogP contribution in [0.15, 0.2) is 12.2 Å². The monoisotopic (exact) mass is 186 g/mol.